The fourth-order valence-corrected chi connectivity index (χ4v) is 2.45. The second-order valence-electron chi connectivity index (χ2n) is 5.88. The molecule has 1 unspecified atom stereocenters. The Bertz CT molecular complexity index is 668. The molecule has 2 aromatic carbocycles. The van der Waals surface area contributed by atoms with Gasteiger partial charge in [-0.3, -0.25) is 0 Å². The molecule has 0 heterocycles. The van der Waals surface area contributed by atoms with Crippen LogP contribution in [0.4, 0.5) is 0 Å². The van der Waals surface area contributed by atoms with Gasteiger partial charge in [-0.25, -0.2) is 4.79 Å². The number of hydrogen-bond donors (Lipinski definition) is 0. The fourth-order valence-electron chi connectivity index (χ4n) is 2.45. The first kappa shape index (κ1) is 18.7. The van der Waals surface area contributed by atoms with Crippen LogP contribution in [0.15, 0.2) is 65.8 Å². The van der Waals surface area contributed by atoms with Gasteiger partial charge in [0.2, 0.25) is 0 Å². The van der Waals surface area contributed by atoms with Gasteiger partial charge in [-0.05, 0) is 30.9 Å². The van der Waals surface area contributed by atoms with E-state index in [0.29, 0.717) is 18.9 Å². The van der Waals surface area contributed by atoms with Crippen molar-refractivity contribution in [1.29, 1.82) is 0 Å². The number of aryl methyl sites for hydroxylation is 1. The van der Waals surface area contributed by atoms with Gasteiger partial charge in [0.1, 0.15) is 6.61 Å². The molecule has 0 aliphatic rings. The maximum atomic E-state index is 12.2. The van der Waals surface area contributed by atoms with Crippen molar-refractivity contribution in [3.05, 3.63) is 71.8 Å². The van der Waals surface area contributed by atoms with Crippen LogP contribution in [0.3, 0.4) is 0 Å². The van der Waals surface area contributed by atoms with Crippen molar-refractivity contribution in [2.75, 3.05) is 6.61 Å². The van der Waals surface area contributed by atoms with Crippen LogP contribution in [0.25, 0.3) is 0 Å². The van der Waals surface area contributed by atoms with Crippen molar-refractivity contribution in [3.8, 4) is 0 Å². The summed E-state index contributed by atoms with van der Waals surface area (Å²) in [5.74, 6) is -0.453. The highest BCUT2D eigenvalue weighted by atomic mass is 16.6. The van der Waals surface area contributed by atoms with Crippen molar-refractivity contribution in [1.82, 2.24) is 0 Å². The van der Waals surface area contributed by atoms with Crippen LogP contribution in [-0.4, -0.2) is 18.3 Å². The lowest BCUT2D eigenvalue weighted by Gasteiger charge is -2.13. The van der Waals surface area contributed by atoms with E-state index in [4.69, 9.17) is 9.57 Å². The molecule has 0 aromatic heterocycles. The zero-order valence-corrected chi connectivity index (χ0v) is 14.9. The predicted molar refractivity (Wildman–Crippen MR) is 99.2 cm³/mol. The SMILES string of the molecule is CCOC(=O)/C(=N\OCc1ccccc1)C(C)CCc1ccccc1. The van der Waals surface area contributed by atoms with Crippen LogP contribution in [0.2, 0.25) is 0 Å². The van der Waals surface area contributed by atoms with Gasteiger partial charge in [-0.2, -0.15) is 0 Å². The van der Waals surface area contributed by atoms with Gasteiger partial charge in [-0.1, -0.05) is 72.7 Å². The average molecular weight is 339 g/mol. The zero-order chi connectivity index (χ0) is 17.9. The Morgan fingerprint density at radius 3 is 2.20 bits per heavy atom. The molecule has 0 spiro atoms. The molecule has 0 saturated heterocycles. The maximum Gasteiger partial charge on any atom is 0.356 e. The standard InChI is InChI=1S/C21H25NO3/c1-3-24-21(23)20(22-25-16-19-12-8-5-9-13-19)17(2)14-15-18-10-6-4-7-11-18/h4-13,17H,3,14-16H2,1-2H3/b22-20-. The number of rotatable bonds is 9. The molecular weight excluding hydrogens is 314 g/mol. The Morgan fingerprint density at radius 2 is 1.60 bits per heavy atom. The van der Waals surface area contributed by atoms with Crippen molar-refractivity contribution in [2.45, 2.75) is 33.3 Å². The van der Waals surface area contributed by atoms with Gasteiger partial charge in [0.15, 0.2) is 5.71 Å². The zero-order valence-electron chi connectivity index (χ0n) is 14.9. The summed E-state index contributed by atoms with van der Waals surface area (Å²) in [5.41, 5.74) is 2.59. The van der Waals surface area contributed by atoms with Crippen molar-refractivity contribution < 1.29 is 14.4 Å². The van der Waals surface area contributed by atoms with E-state index in [0.717, 1.165) is 18.4 Å². The summed E-state index contributed by atoms with van der Waals surface area (Å²) in [6, 6.07) is 19.9. The molecule has 132 valence electrons. The monoisotopic (exact) mass is 339 g/mol. The summed E-state index contributed by atoms with van der Waals surface area (Å²) in [7, 11) is 0. The first-order valence-electron chi connectivity index (χ1n) is 8.65. The molecule has 0 N–H and O–H groups in total. The van der Waals surface area contributed by atoms with Crippen LogP contribution < -0.4 is 0 Å². The lowest BCUT2D eigenvalue weighted by molar-refractivity contribution is -0.135. The second-order valence-corrected chi connectivity index (χ2v) is 5.88. The third-order valence-corrected chi connectivity index (χ3v) is 3.90. The van der Waals surface area contributed by atoms with E-state index in [1.165, 1.54) is 5.56 Å². The predicted octanol–water partition coefficient (Wildman–Crippen LogP) is 4.39. The topological polar surface area (TPSA) is 47.9 Å². The normalized spacial score (nSPS) is 12.5. The van der Waals surface area contributed by atoms with Crippen LogP contribution in [-0.2, 0) is 27.4 Å². The summed E-state index contributed by atoms with van der Waals surface area (Å²) in [6.45, 7) is 4.41. The first-order valence-corrected chi connectivity index (χ1v) is 8.65. The van der Waals surface area contributed by atoms with Crippen LogP contribution >= 0.6 is 0 Å². The Hall–Kier alpha value is -2.62. The lowest BCUT2D eigenvalue weighted by atomic mass is 9.97. The lowest BCUT2D eigenvalue weighted by Crippen LogP contribution is -2.25. The molecule has 0 aliphatic carbocycles. The Morgan fingerprint density at radius 1 is 1.00 bits per heavy atom. The van der Waals surface area contributed by atoms with E-state index in [-0.39, 0.29) is 5.92 Å². The van der Waals surface area contributed by atoms with Gasteiger partial charge in [0.25, 0.3) is 0 Å². The van der Waals surface area contributed by atoms with E-state index in [9.17, 15) is 4.79 Å². The van der Waals surface area contributed by atoms with Gasteiger partial charge in [0, 0.05) is 5.92 Å². The summed E-state index contributed by atoms with van der Waals surface area (Å²) in [5, 5.41) is 4.09. The average Bonchev–Trinajstić information content (AvgIpc) is 2.65. The molecule has 2 rings (SSSR count). The van der Waals surface area contributed by atoms with Crippen molar-refractivity contribution in [3.63, 3.8) is 0 Å². The number of esters is 1. The second kappa shape index (κ2) is 10.3. The quantitative estimate of drug-likeness (QED) is 0.387. The molecule has 4 nitrogen and oxygen atoms in total. The minimum Gasteiger partial charge on any atom is -0.461 e. The molecule has 0 radical (unpaired) electrons. The largest absolute Gasteiger partial charge is 0.461 e. The highest BCUT2D eigenvalue weighted by molar-refractivity contribution is 6.37. The van der Waals surface area contributed by atoms with Gasteiger partial charge >= 0.3 is 5.97 Å². The molecular formula is C21H25NO3. The molecule has 0 saturated carbocycles. The molecule has 25 heavy (non-hydrogen) atoms. The maximum absolute atomic E-state index is 12.2. The third kappa shape index (κ3) is 6.42. The summed E-state index contributed by atoms with van der Waals surface area (Å²) in [4.78, 5) is 17.6. The summed E-state index contributed by atoms with van der Waals surface area (Å²) in [6.07, 6.45) is 1.68. The van der Waals surface area contributed by atoms with E-state index < -0.39 is 5.97 Å². The van der Waals surface area contributed by atoms with Crippen molar-refractivity contribution >= 4 is 11.7 Å². The first-order chi connectivity index (χ1) is 12.2. The molecule has 0 amide bonds. The summed E-state index contributed by atoms with van der Waals surface area (Å²) >= 11 is 0. The number of carbonyl (C=O) groups excluding carboxylic acids is 1. The number of benzene rings is 2. The number of nitrogens with zero attached hydrogens (tertiary/aromatic N) is 1. The smallest absolute Gasteiger partial charge is 0.356 e. The van der Waals surface area contributed by atoms with E-state index in [1.807, 2.05) is 55.5 Å². The van der Waals surface area contributed by atoms with E-state index in [1.54, 1.807) is 6.92 Å². The number of oxime groups is 1. The number of carbonyl (C=O) groups is 1. The van der Waals surface area contributed by atoms with E-state index >= 15 is 0 Å². The van der Waals surface area contributed by atoms with Gasteiger partial charge < -0.3 is 9.57 Å². The number of hydrogen-bond acceptors (Lipinski definition) is 4. The Balaban J connectivity index is 1.98. The van der Waals surface area contributed by atoms with Gasteiger partial charge in [-0.15, -0.1) is 0 Å². The molecule has 2 aromatic rings. The molecule has 0 aliphatic heterocycles. The Labute approximate surface area is 149 Å². The number of ether oxygens (including phenoxy) is 1. The highest BCUT2D eigenvalue weighted by Crippen LogP contribution is 2.13. The molecule has 0 fully saturated rings. The van der Waals surface area contributed by atoms with Crippen LogP contribution in [0.5, 0.6) is 0 Å². The minimum atomic E-state index is -0.406. The molecule has 0 bridgehead atoms. The van der Waals surface area contributed by atoms with Crippen molar-refractivity contribution in [2.24, 2.45) is 11.1 Å². The fraction of sp³-hybridized carbons (Fsp3) is 0.333. The molecule has 4 heteroatoms. The summed E-state index contributed by atoms with van der Waals surface area (Å²) < 4.78 is 5.13. The van der Waals surface area contributed by atoms with Crippen LogP contribution in [0, 0.1) is 5.92 Å². The molecule has 1 atom stereocenters. The minimum absolute atomic E-state index is 0.0463. The Kier molecular flexibility index (Phi) is 7.70. The third-order valence-electron chi connectivity index (χ3n) is 3.90. The van der Waals surface area contributed by atoms with E-state index in [2.05, 4.69) is 17.3 Å². The highest BCUT2D eigenvalue weighted by Gasteiger charge is 2.21. The van der Waals surface area contributed by atoms with Gasteiger partial charge in [0.05, 0.1) is 6.61 Å². The van der Waals surface area contributed by atoms with Crippen LogP contribution in [0.1, 0.15) is 31.4 Å².